The van der Waals surface area contributed by atoms with Crippen molar-refractivity contribution in [1.29, 1.82) is 0 Å². The summed E-state index contributed by atoms with van der Waals surface area (Å²) in [6.45, 7) is 2.92. The molecule has 0 unspecified atom stereocenters. The molecule has 3 aromatic rings. The lowest BCUT2D eigenvalue weighted by molar-refractivity contribution is 0.0758. The maximum atomic E-state index is 12.0. The molecule has 0 spiro atoms. The Labute approximate surface area is 157 Å². The molecule has 0 saturated carbocycles. The zero-order chi connectivity index (χ0) is 18.6. The second-order valence-electron chi connectivity index (χ2n) is 6.98. The fraction of sp³-hybridized carbons (Fsp3) is 0.318. The van der Waals surface area contributed by atoms with Crippen molar-refractivity contribution in [1.82, 2.24) is 4.90 Å². The lowest BCUT2D eigenvalue weighted by Gasteiger charge is -2.19. The number of β-amino-alcohol motifs (C(OH)–C–C–N with tert-alkyl or cyclic N) is 1. The summed E-state index contributed by atoms with van der Waals surface area (Å²) in [5.74, 6) is 0.580. The quantitative estimate of drug-likeness (QED) is 0.679. The molecule has 1 aromatic heterocycles. The van der Waals surface area contributed by atoms with E-state index in [0.29, 0.717) is 17.9 Å². The topological polar surface area (TPSA) is 62.9 Å². The van der Waals surface area contributed by atoms with Crippen molar-refractivity contribution in [2.75, 3.05) is 26.2 Å². The molecule has 4 rings (SSSR count). The highest BCUT2D eigenvalue weighted by Crippen LogP contribution is 2.29. The number of likely N-dealkylation sites (tertiary alicyclic amines) is 1. The van der Waals surface area contributed by atoms with Gasteiger partial charge in [0, 0.05) is 24.1 Å². The molecule has 5 nitrogen and oxygen atoms in total. The van der Waals surface area contributed by atoms with Crippen LogP contribution in [0.2, 0.25) is 0 Å². The lowest BCUT2D eigenvalue weighted by atomic mass is 10.0. The minimum Gasteiger partial charge on any atom is -0.491 e. The third-order valence-corrected chi connectivity index (χ3v) is 4.91. The molecule has 1 atom stereocenters. The van der Waals surface area contributed by atoms with E-state index >= 15 is 0 Å². The van der Waals surface area contributed by atoms with Gasteiger partial charge >= 0.3 is 5.63 Å². The standard InChI is InChI=1S/C22H23NO4/c24-17(14-23-10-4-5-11-23)15-26-18-8-9-19-20(16-6-2-1-3-7-16)13-22(25)27-21(19)12-18/h1-3,6-9,12-13,17,24H,4-5,10-11,14-15H2/t17-/m1/s1. The van der Waals surface area contributed by atoms with Crippen LogP contribution in [0.1, 0.15) is 12.8 Å². The van der Waals surface area contributed by atoms with E-state index < -0.39 is 11.7 Å². The number of hydrogen-bond acceptors (Lipinski definition) is 5. The van der Waals surface area contributed by atoms with Crippen molar-refractivity contribution in [3.05, 3.63) is 65.0 Å². The first-order valence-corrected chi connectivity index (χ1v) is 9.35. The summed E-state index contributed by atoms with van der Waals surface area (Å²) in [4.78, 5) is 14.2. The third-order valence-electron chi connectivity index (χ3n) is 4.91. The van der Waals surface area contributed by atoms with Crippen molar-refractivity contribution >= 4 is 11.0 Å². The number of rotatable bonds is 6. The van der Waals surface area contributed by atoms with Gasteiger partial charge < -0.3 is 19.2 Å². The lowest BCUT2D eigenvalue weighted by Crippen LogP contribution is -2.33. The van der Waals surface area contributed by atoms with E-state index in [4.69, 9.17) is 9.15 Å². The molecule has 1 fully saturated rings. The van der Waals surface area contributed by atoms with Crippen molar-refractivity contribution < 1.29 is 14.3 Å². The van der Waals surface area contributed by atoms with Gasteiger partial charge in [0.2, 0.25) is 0 Å². The van der Waals surface area contributed by atoms with Crippen LogP contribution in [-0.2, 0) is 0 Å². The molecule has 0 radical (unpaired) electrons. The average molecular weight is 365 g/mol. The molecule has 1 aliphatic rings. The monoisotopic (exact) mass is 365 g/mol. The van der Waals surface area contributed by atoms with Crippen LogP contribution < -0.4 is 10.4 Å². The Morgan fingerprint density at radius 3 is 2.63 bits per heavy atom. The van der Waals surface area contributed by atoms with Gasteiger partial charge in [-0.1, -0.05) is 30.3 Å². The summed E-state index contributed by atoms with van der Waals surface area (Å²) < 4.78 is 11.1. The molecule has 27 heavy (non-hydrogen) atoms. The summed E-state index contributed by atoms with van der Waals surface area (Å²) in [5, 5.41) is 11.0. The molecule has 2 heterocycles. The zero-order valence-corrected chi connectivity index (χ0v) is 15.1. The van der Waals surface area contributed by atoms with Gasteiger partial charge in [0.25, 0.3) is 0 Å². The highest BCUT2D eigenvalue weighted by atomic mass is 16.5. The minimum atomic E-state index is -0.540. The van der Waals surface area contributed by atoms with Crippen LogP contribution >= 0.6 is 0 Å². The van der Waals surface area contributed by atoms with Gasteiger partial charge in [-0.25, -0.2) is 4.79 Å². The van der Waals surface area contributed by atoms with Crippen molar-refractivity contribution in [2.45, 2.75) is 18.9 Å². The van der Waals surface area contributed by atoms with Crippen LogP contribution in [0.3, 0.4) is 0 Å². The van der Waals surface area contributed by atoms with Gasteiger partial charge in [0.1, 0.15) is 24.0 Å². The molecule has 2 aromatic carbocycles. The maximum absolute atomic E-state index is 12.0. The van der Waals surface area contributed by atoms with Gasteiger partial charge in [-0.2, -0.15) is 0 Å². The SMILES string of the molecule is O=c1cc(-c2ccccc2)c2ccc(OC[C@H](O)CN3CCCC3)cc2o1. The smallest absolute Gasteiger partial charge is 0.336 e. The van der Waals surface area contributed by atoms with E-state index in [1.807, 2.05) is 42.5 Å². The van der Waals surface area contributed by atoms with Gasteiger partial charge in [-0.05, 0) is 49.2 Å². The number of ether oxygens (including phenoxy) is 1. The largest absolute Gasteiger partial charge is 0.491 e. The zero-order valence-electron chi connectivity index (χ0n) is 15.1. The molecule has 0 bridgehead atoms. The van der Waals surface area contributed by atoms with Crippen LogP contribution in [0.15, 0.2) is 63.8 Å². The van der Waals surface area contributed by atoms with Gasteiger partial charge in [-0.3, -0.25) is 0 Å². The number of nitrogens with zero attached hydrogens (tertiary/aromatic N) is 1. The highest BCUT2D eigenvalue weighted by molar-refractivity contribution is 5.93. The van der Waals surface area contributed by atoms with E-state index in [-0.39, 0.29) is 6.61 Å². The number of aliphatic hydroxyl groups excluding tert-OH is 1. The summed E-state index contributed by atoms with van der Waals surface area (Å²) in [7, 11) is 0. The fourth-order valence-corrected chi connectivity index (χ4v) is 3.60. The molecule has 140 valence electrons. The maximum Gasteiger partial charge on any atom is 0.336 e. The average Bonchev–Trinajstić information content (AvgIpc) is 3.19. The predicted octanol–water partition coefficient (Wildman–Crippen LogP) is 3.30. The van der Waals surface area contributed by atoms with Gasteiger partial charge in [-0.15, -0.1) is 0 Å². The van der Waals surface area contributed by atoms with E-state index in [0.717, 1.165) is 29.6 Å². The third kappa shape index (κ3) is 4.21. The molecular weight excluding hydrogens is 342 g/mol. The van der Waals surface area contributed by atoms with Crippen LogP contribution in [0.5, 0.6) is 5.75 Å². The summed E-state index contributed by atoms with van der Waals surface area (Å²) >= 11 is 0. The van der Waals surface area contributed by atoms with E-state index in [9.17, 15) is 9.90 Å². The number of fused-ring (bicyclic) bond motifs is 1. The van der Waals surface area contributed by atoms with E-state index in [1.165, 1.54) is 18.9 Å². The summed E-state index contributed by atoms with van der Waals surface area (Å²) in [6, 6.07) is 16.7. The molecule has 0 aliphatic carbocycles. The first kappa shape index (κ1) is 17.8. The first-order chi connectivity index (χ1) is 13.2. The molecule has 0 amide bonds. The van der Waals surface area contributed by atoms with Crippen LogP contribution in [0.4, 0.5) is 0 Å². The Bertz CT molecular complexity index is 961. The Morgan fingerprint density at radius 2 is 1.85 bits per heavy atom. The summed E-state index contributed by atoms with van der Waals surface area (Å²) in [5.41, 5.74) is 1.88. The normalized spacial score (nSPS) is 15.9. The van der Waals surface area contributed by atoms with Gasteiger partial charge in [0.15, 0.2) is 0 Å². The van der Waals surface area contributed by atoms with E-state index in [2.05, 4.69) is 4.90 Å². The van der Waals surface area contributed by atoms with Crippen molar-refractivity contribution in [2.24, 2.45) is 0 Å². The first-order valence-electron chi connectivity index (χ1n) is 9.35. The Morgan fingerprint density at radius 1 is 1.07 bits per heavy atom. The molecule has 1 N–H and O–H groups in total. The predicted molar refractivity (Wildman–Crippen MR) is 105 cm³/mol. The summed E-state index contributed by atoms with van der Waals surface area (Å²) in [6.07, 6.45) is 1.85. The fourth-order valence-electron chi connectivity index (χ4n) is 3.60. The Hall–Kier alpha value is -2.63. The number of hydrogen-bond donors (Lipinski definition) is 1. The van der Waals surface area contributed by atoms with Crippen molar-refractivity contribution in [3.63, 3.8) is 0 Å². The molecule has 1 saturated heterocycles. The highest BCUT2D eigenvalue weighted by Gasteiger charge is 2.16. The van der Waals surface area contributed by atoms with Crippen LogP contribution in [-0.4, -0.2) is 42.4 Å². The molecule has 1 aliphatic heterocycles. The van der Waals surface area contributed by atoms with E-state index in [1.54, 1.807) is 6.07 Å². The minimum absolute atomic E-state index is 0.213. The Kier molecular flexibility index (Phi) is 5.23. The second-order valence-corrected chi connectivity index (χ2v) is 6.98. The Balaban J connectivity index is 1.53. The second kappa shape index (κ2) is 7.94. The number of benzene rings is 2. The van der Waals surface area contributed by atoms with Crippen molar-refractivity contribution in [3.8, 4) is 16.9 Å². The van der Waals surface area contributed by atoms with Crippen LogP contribution in [0, 0.1) is 0 Å². The number of aliphatic hydroxyl groups is 1. The molecular formula is C22H23NO4. The molecule has 5 heteroatoms. The van der Waals surface area contributed by atoms with Gasteiger partial charge in [0.05, 0.1) is 0 Å². The van der Waals surface area contributed by atoms with Crippen LogP contribution in [0.25, 0.3) is 22.1 Å².